The number of rotatable bonds is 10. The highest BCUT2D eigenvalue weighted by molar-refractivity contribution is 5.83. The SMILES string of the molecule is CC(C)C[C@@H](C(=O)O)N(C(=O)OCC1c2ccccc2-c2ccccc21)C(c1ccccc1)(c1ccccc1)c1ccccc1. The molecule has 1 aliphatic rings. The number of fused-ring (bicyclic) bond motifs is 3. The van der Waals surface area contributed by atoms with Gasteiger partial charge in [0.05, 0.1) is 0 Å². The fourth-order valence-corrected chi connectivity index (χ4v) is 6.88. The zero-order chi connectivity index (χ0) is 31.4. The number of hydrogen-bond donors (Lipinski definition) is 1. The highest BCUT2D eigenvalue weighted by atomic mass is 16.6. The Kier molecular flexibility index (Phi) is 8.52. The molecule has 5 nitrogen and oxygen atoms in total. The van der Waals surface area contributed by atoms with Crippen molar-refractivity contribution in [3.05, 3.63) is 167 Å². The summed E-state index contributed by atoms with van der Waals surface area (Å²) in [6.07, 6.45) is -0.435. The van der Waals surface area contributed by atoms with Crippen molar-refractivity contribution in [2.24, 2.45) is 5.92 Å². The molecule has 0 saturated carbocycles. The first-order valence-electron chi connectivity index (χ1n) is 15.5. The fourth-order valence-electron chi connectivity index (χ4n) is 6.88. The molecule has 1 atom stereocenters. The Bertz CT molecular complexity index is 1630. The van der Waals surface area contributed by atoms with Gasteiger partial charge in [-0.25, -0.2) is 9.59 Å². The van der Waals surface area contributed by atoms with Gasteiger partial charge in [-0.2, -0.15) is 0 Å². The van der Waals surface area contributed by atoms with Gasteiger partial charge in [0.15, 0.2) is 0 Å². The van der Waals surface area contributed by atoms with Crippen LogP contribution in [0.5, 0.6) is 0 Å². The van der Waals surface area contributed by atoms with Crippen molar-refractivity contribution in [1.29, 1.82) is 0 Å². The molecule has 0 aromatic heterocycles. The Balaban J connectivity index is 1.53. The number of carboxylic acid groups (broad SMARTS) is 1. The van der Waals surface area contributed by atoms with Crippen LogP contribution in [-0.4, -0.2) is 34.7 Å². The number of aliphatic carboxylic acids is 1. The van der Waals surface area contributed by atoms with Crippen LogP contribution in [0, 0.1) is 5.92 Å². The van der Waals surface area contributed by atoms with Crippen LogP contribution in [0.3, 0.4) is 0 Å². The second-order valence-electron chi connectivity index (χ2n) is 12.0. The van der Waals surface area contributed by atoms with Crippen molar-refractivity contribution in [3.63, 3.8) is 0 Å². The van der Waals surface area contributed by atoms with Crippen LogP contribution in [0.25, 0.3) is 11.1 Å². The lowest BCUT2D eigenvalue weighted by Crippen LogP contribution is -2.58. The van der Waals surface area contributed by atoms with E-state index in [2.05, 4.69) is 24.3 Å². The quantitative estimate of drug-likeness (QED) is 0.164. The molecule has 0 bridgehead atoms. The van der Waals surface area contributed by atoms with Crippen LogP contribution in [0.2, 0.25) is 0 Å². The number of amides is 1. The molecule has 0 spiro atoms. The summed E-state index contributed by atoms with van der Waals surface area (Å²) in [5.74, 6) is -1.25. The van der Waals surface area contributed by atoms with Crippen molar-refractivity contribution < 1.29 is 19.4 Å². The van der Waals surface area contributed by atoms with Crippen molar-refractivity contribution in [2.75, 3.05) is 6.61 Å². The second kappa shape index (κ2) is 12.8. The van der Waals surface area contributed by atoms with E-state index in [0.29, 0.717) is 0 Å². The summed E-state index contributed by atoms with van der Waals surface area (Å²) in [5.41, 5.74) is 5.45. The third-order valence-corrected chi connectivity index (χ3v) is 8.76. The number of benzene rings is 5. The molecule has 6 rings (SSSR count). The van der Waals surface area contributed by atoms with E-state index in [9.17, 15) is 14.7 Å². The number of carbonyl (C=O) groups excluding carboxylic acids is 1. The number of nitrogens with zero attached hydrogens (tertiary/aromatic N) is 1. The molecule has 5 aromatic rings. The van der Waals surface area contributed by atoms with E-state index < -0.39 is 23.6 Å². The first kappa shape index (κ1) is 29.9. The lowest BCUT2D eigenvalue weighted by molar-refractivity contribution is -0.145. The van der Waals surface area contributed by atoms with Gasteiger partial charge in [0.2, 0.25) is 0 Å². The Morgan fingerprint density at radius 1 is 0.667 bits per heavy atom. The largest absolute Gasteiger partial charge is 0.480 e. The number of hydrogen-bond acceptors (Lipinski definition) is 3. The molecule has 1 amide bonds. The van der Waals surface area contributed by atoms with E-state index in [1.165, 1.54) is 4.90 Å². The van der Waals surface area contributed by atoms with Crippen molar-refractivity contribution >= 4 is 12.1 Å². The molecule has 0 unspecified atom stereocenters. The summed E-state index contributed by atoms with van der Waals surface area (Å²) in [6, 6.07) is 44.2. The standard InChI is InChI=1S/C40H37NO4/c1-28(2)26-37(38(42)43)41(39(44)45-27-36-34-24-14-12-22-32(34)33-23-13-15-25-35(33)36)40(29-16-6-3-7-17-29,30-18-8-4-9-19-30)31-20-10-5-11-21-31/h3-25,28,36-37H,26-27H2,1-2H3,(H,42,43)/t37-/m0/s1. The van der Waals surface area contributed by atoms with Crippen LogP contribution in [0.1, 0.15) is 54.0 Å². The second-order valence-corrected chi connectivity index (χ2v) is 12.0. The highest BCUT2D eigenvalue weighted by Crippen LogP contribution is 2.47. The van der Waals surface area contributed by atoms with Crippen LogP contribution >= 0.6 is 0 Å². The third kappa shape index (κ3) is 5.51. The molecule has 5 aromatic carbocycles. The molecule has 5 heteroatoms. The number of carbonyl (C=O) groups is 2. The van der Waals surface area contributed by atoms with Gasteiger partial charge in [-0.1, -0.05) is 153 Å². The Hall–Kier alpha value is -5.16. The van der Waals surface area contributed by atoms with E-state index >= 15 is 0 Å². The van der Waals surface area contributed by atoms with Crippen LogP contribution in [0.4, 0.5) is 4.79 Å². The average Bonchev–Trinajstić information content (AvgIpc) is 3.40. The molecule has 45 heavy (non-hydrogen) atoms. The van der Waals surface area contributed by atoms with Crippen LogP contribution in [0.15, 0.2) is 140 Å². The predicted octanol–water partition coefficient (Wildman–Crippen LogP) is 8.73. The van der Waals surface area contributed by atoms with Gasteiger partial charge in [-0.15, -0.1) is 0 Å². The van der Waals surface area contributed by atoms with Gasteiger partial charge in [-0.05, 0) is 51.3 Å². The van der Waals surface area contributed by atoms with E-state index in [1.54, 1.807) is 0 Å². The van der Waals surface area contributed by atoms with E-state index in [4.69, 9.17) is 4.74 Å². The summed E-state index contributed by atoms with van der Waals surface area (Å²) < 4.78 is 6.31. The van der Waals surface area contributed by atoms with Crippen LogP contribution < -0.4 is 0 Å². The van der Waals surface area contributed by atoms with Crippen molar-refractivity contribution in [2.45, 2.75) is 37.8 Å². The normalized spacial score (nSPS) is 13.1. The number of carboxylic acids is 1. The maximum absolute atomic E-state index is 14.9. The minimum Gasteiger partial charge on any atom is -0.480 e. The highest BCUT2D eigenvalue weighted by Gasteiger charge is 2.51. The summed E-state index contributed by atoms with van der Waals surface area (Å²) in [5, 5.41) is 10.8. The molecular formula is C40H37NO4. The average molecular weight is 596 g/mol. The molecule has 0 heterocycles. The van der Waals surface area contributed by atoms with Gasteiger partial charge in [-0.3, -0.25) is 4.90 Å². The Morgan fingerprint density at radius 2 is 1.07 bits per heavy atom. The van der Waals surface area contributed by atoms with Crippen LogP contribution in [-0.2, 0) is 15.1 Å². The molecule has 1 N–H and O–H groups in total. The Labute approximate surface area is 264 Å². The monoisotopic (exact) mass is 595 g/mol. The molecule has 1 aliphatic carbocycles. The van der Waals surface area contributed by atoms with Gasteiger partial charge in [0.1, 0.15) is 18.2 Å². The van der Waals surface area contributed by atoms with E-state index in [-0.39, 0.29) is 24.9 Å². The fraction of sp³-hybridized carbons (Fsp3) is 0.200. The summed E-state index contributed by atoms with van der Waals surface area (Å²) in [4.78, 5) is 29.6. The van der Waals surface area contributed by atoms with Crippen molar-refractivity contribution in [3.8, 4) is 11.1 Å². The van der Waals surface area contributed by atoms with Gasteiger partial charge >= 0.3 is 12.1 Å². The first-order valence-corrected chi connectivity index (χ1v) is 15.5. The molecule has 226 valence electrons. The zero-order valence-electron chi connectivity index (χ0n) is 25.5. The summed E-state index contributed by atoms with van der Waals surface area (Å²) >= 11 is 0. The maximum atomic E-state index is 14.9. The Morgan fingerprint density at radius 3 is 1.47 bits per heavy atom. The van der Waals surface area contributed by atoms with E-state index in [0.717, 1.165) is 38.9 Å². The molecule has 0 saturated heterocycles. The smallest absolute Gasteiger partial charge is 0.411 e. The lowest BCUT2D eigenvalue weighted by atomic mass is 9.74. The predicted molar refractivity (Wildman–Crippen MR) is 177 cm³/mol. The molecule has 0 fully saturated rings. The lowest BCUT2D eigenvalue weighted by Gasteiger charge is -2.47. The summed E-state index contributed by atoms with van der Waals surface area (Å²) in [6.45, 7) is 4.02. The van der Waals surface area contributed by atoms with E-state index in [1.807, 2.05) is 129 Å². The van der Waals surface area contributed by atoms with Gasteiger partial charge in [0.25, 0.3) is 0 Å². The topological polar surface area (TPSA) is 66.8 Å². The van der Waals surface area contributed by atoms with Gasteiger partial charge in [0, 0.05) is 5.92 Å². The molecule has 0 radical (unpaired) electrons. The maximum Gasteiger partial charge on any atom is 0.411 e. The van der Waals surface area contributed by atoms with Gasteiger partial charge < -0.3 is 9.84 Å². The minimum atomic E-state index is -1.30. The molecule has 0 aliphatic heterocycles. The third-order valence-electron chi connectivity index (χ3n) is 8.76. The minimum absolute atomic E-state index is 0.00462. The van der Waals surface area contributed by atoms with Crippen molar-refractivity contribution in [1.82, 2.24) is 4.90 Å². The zero-order valence-corrected chi connectivity index (χ0v) is 25.5. The first-order chi connectivity index (χ1) is 21.9. The number of ether oxygens (including phenoxy) is 1. The summed E-state index contributed by atoms with van der Waals surface area (Å²) in [7, 11) is 0. The molecular weight excluding hydrogens is 558 g/mol.